The predicted molar refractivity (Wildman–Crippen MR) is 72.9 cm³/mol. The maximum atomic E-state index is 9.61. The van der Waals surface area contributed by atoms with Gasteiger partial charge >= 0.3 is 0 Å². The van der Waals surface area contributed by atoms with Crippen molar-refractivity contribution in [3.8, 4) is 0 Å². The molecule has 1 heteroatoms. The maximum Gasteiger partial charge on any atom is 0.0644 e. The summed E-state index contributed by atoms with van der Waals surface area (Å²) in [4.78, 5) is 0. The van der Waals surface area contributed by atoms with Gasteiger partial charge < -0.3 is 5.11 Å². The summed E-state index contributed by atoms with van der Waals surface area (Å²) in [6.45, 7) is 2.68. The summed E-state index contributed by atoms with van der Waals surface area (Å²) in [5.74, 6) is 2.34. The Morgan fingerprint density at radius 2 is 1.82 bits per heavy atom. The van der Waals surface area contributed by atoms with Gasteiger partial charge in [0, 0.05) is 0 Å². The topological polar surface area (TPSA) is 20.2 Å². The summed E-state index contributed by atoms with van der Waals surface area (Å²) in [6, 6.07) is 0. The van der Waals surface area contributed by atoms with E-state index in [0.717, 1.165) is 11.8 Å². The van der Waals surface area contributed by atoms with Crippen molar-refractivity contribution >= 4 is 0 Å². The molecule has 98 valence electrons. The summed E-state index contributed by atoms with van der Waals surface area (Å²) in [5, 5.41) is 9.61. The fourth-order valence-electron chi connectivity index (χ4n) is 3.73. The van der Waals surface area contributed by atoms with Crippen LogP contribution in [-0.2, 0) is 0 Å². The van der Waals surface area contributed by atoms with Crippen LogP contribution < -0.4 is 0 Å². The highest BCUT2D eigenvalue weighted by molar-refractivity contribution is 5.10. The van der Waals surface area contributed by atoms with Gasteiger partial charge in [0.1, 0.15) is 0 Å². The highest BCUT2D eigenvalue weighted by Gasteiger charge is 2.21. The van der Waals surface area contributed by atoms with Crippen molar-refractivity contribution < 1.29 is 5.11 Å². The highest BCUT2D eigenvalue weighted by Crippen LogP contribution is 2.34. The molecule has 2 atom stereocenters. The van der Waals surface area contributed by atoms with Gasteiger partial charge in [-0.05, 0) is 49.0 Å². The molecular weight excluding hydrogens is 208 g/mol. The van der Waals surface area contributed by atoms with Gasteiger partial charge in [0.25, 0.3) is 0 Å². The fourth-order valence-corrected chi connectivity index (χ4v) is 3.73. The lowest BCUT2D eigenvalue weighted by atomic mass is 9.78. The summed E-state index contributed by atoms with van der Waals surface area (Å²) in [7, 11) is 0. The fraction of sp³-hybridized carbons (Fsp3) is 0.875. The Morgan fingerprint density at radius 1 is 1.06 bits per heavy atom. The van der Waals surface area contributed by atoms with Gasteiger partial charge in [0.05, 0.1) is 6.61 Å². The van der Waals surface area contributed by atoms with Gasteiger partial charge in [0.15, 0.2) is 0 Å². The van der Waals surface area contributed by atoms with E-state index in [0.29, 0.717) is 12.5 Å². The molecule has 0 heterocycles. The second-order valence-electron chi connectivity index (χ2n) is 6.27. The third-order valence-electron chi connectivity index (χ3n) is 4.74. The first-order valence-corrected chi connectivity index (χ1v) is 7.61. The summed E-state index contributed by atoms with van der Waals surface area (Å²) >= 11 is 0. The molecule has 17 heavy (non-hydrogen) atoms. The van der Waals surface area contributed by atoms with Gasteiger partial charge in [-0.3, -0.25) is 0 Å². The standard InChI is InChI=1S/C16H28O/c1-13-6-5-7-14(10-13)11-16(12-17)15-8-3-2-4-9-15/h11,13-15,17H,2-10,12H2,1H3. The second kappa shape index (κ2) is 6.58. The smallest absolute Gasteiger partial charge is 0.0644 e. The number of hydrogen-bond donors (Lipinski definition) is 1. The van der Waals surface area contributed by atoms with Crippen molar-refractivity contribution in [2.24, 2.45) is 17.8 Å². The van der Waals surface area contributed by atoms with Gasteiger partial charge in [-0.2, -0.15) is 0 Å². The molecule has 0 bridgehead atoms. The molecule has 2 aliphatic rings. The van der Waals surface area contributed by atoms with Crippen molar-refractivity contribution in [3.63, 3.8) is 0 Å². The molecule has 2 rings (SSSR count). The van der Waals surface area contributed by atoms with Crippen LogP contribution in [-0.4, -0.2) is 11.7 Å². The van der Waals surface area contributed by atoms with E-state index in [1.807, 2.05) is 0 Å². The molecule has 0 aromatic rings. The first kappa shape index (κ1) is 13.1. The molecule has 1 nitrogen and oxygen atoms in total. The molecule has 2 fully saturated rings. The molecule has 0 radical (unpaired) electrons. The maximum absolute atomic E-state index is 9.61. The quantitative estimate of drug-likeness (QED) is 0.724. The van der Waals surface area contributed by atoms with Crippen LogP contribution in [0.4, 0.5) is 0 Å². The van der Waals surface area contributed by atoms with E-state index in [4.69, 9.17) is 0 Å². The molecule has 0 saturated heterocycles. The third kappa shape index (κ3) is 3.84. The molecular formula is C16H28O. The zero-order valence-electron chi connectivity index (χ0n) is 11.3. The lowest BCUT2D eigenvalue weighted by Crippen LogP contribution is -2.16. The van der Waals surface area contributed by atoms with Crippen LogP contribution in [0.1, 0.15) is 64.7 Å². The molecule has 0 aromatic carbocycles. The molecule has 0 amide bonds. The van der Waals surface area contributed by atoms with Crippen molar-refractivity contribution in [2.75, 3.05) is 6.61 Å². The Bertz CT molecular complexity index is 250. The highest BCUT2D eigenvalue weighted by atomic mass is 16.3. The van der Waals surface area contributed by atoms with Crippen LogP contribution >= 0.6 is 0 Å². The lowest BCUT2D eigenvalue weighted by molar-refractivity contribution is 0.282. The first-order chi connectivity index (χ1) is 8.29. The molecule has 0 aromatic heterocycles. The van der Waals surface area contributed by atoms with E-state index >= 15 is 0 Å². The molecule has 2 unspecified atom stereocenters. The zero-order valence-corrected chi connectivity index (χ0v) is 11.3. The number of aliphatic hydroxyl groups is 1. The normalized spacial score (nSPS) is 32.7. The third-order valence-corrected chi connectivity index (χ3v) is 4.74. The Balaban J connectivity index is 1.95. The number of hydrogen-bond acceptors (Lipinski definition) is 1. The van der Waals surface area contributed by atoms with E-state index in [1.54, 1.807) is 0 Å². The van der Waals surface area contributed by atoms with Crippen LogP contribution in [0, 0.1) is 17.8 Å². The Labute approximate surface area is 106 Å². The molecule has 2 saturated carbocycles. The minimum Gasteiger partial charge on any atom is -0.392 e. The van der Waals surface area contributed by atoms with E-state index in [9.17, 15) is 5.11 Å². The van der Waals surface area contributed by atoms with Crippen LogP contribution in [0.15, 0.2) is 11.6 Å². The lowest BCUT2D eigenvalue weighted by Gasteiger charge is -2.28. The minimum absolute atomic E-state index is 0.301. The first-order valence-electron chi connectivity index (χ1n) is 7.61. The summed E-state index contributed by atoms with van der Waals surface area (Å²) < 4.78 is 0. The molecule has 0 aliphatic heterocycles. The average Bonchev–Trinajstić information content (AvgIpc) is 2.37. The second-order valence-corrected chi connectivity index (χ2v) is 6.27. The van der Waals surface area contributed by atoms with E-state index in [-0.39, 0.29) is 0 Å². The zero-order chi connectivity index (χ0) is 12.1. The SMILES string of the molecule is CC1CCCC(C=C(CO)C2CCCCC2)C1. The van der Waals surface area contributed by atoms with Crippen LogP contribution in [0.3, 0.4) is 0 Å². The average molecular weight is 236 g/mol. The summed E-state index contributed by atoms with van der Waals surface area (Å²) in [6.07, 6.45) is 14.7. The van der Waals surface area contributed by atoms with Gasteiger partial charge in [-0.1, -0.05) is 45.1 Å². The van der Waals surface area contributed by atoms with Crippen molar-refractivity contribution in [3.05, 3.63) is 11.6 Å². The summed E-state index contributed by atoms with van der Waals surface area (Å²) in [5.41, 5.74) is 1.36. The van der Waals surface area contributed by atoms with Crippen molar-refractivity contribution in [2.45, 2.75) is 64.7 Å². The van der Waals surface area contributed by atoms with Crippen LogP contribution in [0.5, 0.6) is 0 Å². The molecule has 1 N–H and O–H groups in total. The number of aliphatic hydroxyl groups excluding tert-OH is 1. The van der Waals surface area contributed by atoms with E-state index in [1.165, 1.54) is 63.4 Å². The Kier molecular flexibility index (Phi) is 5.09. The minimum atomic E-state index is 0.301. The predicted octanol–water partition coefficient (Wildman–Crippen LogP) is 4.31. The van der Waals surface area contributed by atoms with Crippen LogP contribution in [0.25, 0.3) is 0 Å². The van der Waals surface area contributed by atoms with Gasteiger partial charge in [-0.25, -0.2) is 0 Å². The van der Waals surface area contributed by atoms with Crippen LogP contribution in [0.2, 0.25) is 0 Å². The molecule has 2 aliphatic carbocycles. The Hall–Kier alpha value is -0.300. The number of allylic oxidation sites excluding steroid dienone is 1. The van der Waals surface area contributed by atoms with E-state index < -0.39 is 0 Å². The van der Waals surface area contributed by atoms with Gasteiger partial charge in [-0.15, -0.1) is 0 Å². The monoisotopic (exact) mass is 236 g/mol. The largest absolute Gasteiger partial charge is 0.392 e. The van der Waals surface area contributed by atoms with Gasteiger partial charge in [0.2, 0.25) is 0 Å². The number of rotatable bonds is 3. The van der Waals surface area contributed by atoms with Crippen molar-refractivity contribution in [1.29, 1.82) is 0 Å². The Morgan fingerprint density at radius 3 is 2.47 bits per heavy atom. The molecule has 0 spiro atoms. The van der Waals surface area contributed by atoms with Crippen molar-refractivity contribution in [1.82, 2.24) is 0 Å². The van der Waals surface area contributed by atoms with E-state index in [2.05, 4.69) is 13.0 Å².